The lowest BCUT2D eigenvalue weighted by Crippen LogP contribution is -2.43. The lowest BCUT2D eigenvalue weighted by atomic mass is 9.91. The third kappa shape index (κ3) is 2.32. The maximum atomic E-state index is 12.7. The number of hydrogen-bond donors (Lipinski definition) is 1. The minimum atomic E-state index is -0.332. The molecule has 0 amide bonds. The average Bonchev–Trinajstić information content (AvgIpc) is 2.30. The number of aliphatic hydroxyl groups is 1. The fourth-order valence-electron chi connectivity index (χ4n) is 2.29. The van der Waals surface area contributed by atoms with Crippen molar-refractivity contribution in [3.63, 3.8) is 0 Å². The van der Waals surface area contributed by atoms with E-state index in [1.165, 1.54) is 12.3 Å². The molecule has 1 aliphatic carbocycles. The van der Waals surface area contributed by atoms with Gasteiger partial charge in [-0.15, -0.1) is 0 Å². The molecule has 88 valence electrons. The molecule has 16 heavy (non-hydrogen) atoms. The smallest absolute Gasteiger partial charge is 0.141 e. The summed E-state index contributed by atoms with van der Waals surface area (Å²) in [6.45, 7) is 0. The van der Waals surface area contributed by atoms with Crippen molar-refractivity contribution in [2.24, 2.45) is 0 Å². The average molecular weight is 224 g/mol. The zero-order valence-corrected chi connectivity index (χ0v) is 9.43. The highest BCUT2D eigenvalue weighted by Gasteiger charge is 2.27. The van der Waals surface area contributed by atoms with Gasteiger partial charge >= 0.3 is 0 Å². The van der Waals surface area contributed by atoms with Crippen LogP contribution >= 0.6 is 0 Å². The Bertz CT molecular complexity index is 341. The van der Waals surface area contributed by atoms with Gasteiger partial charge in [0, 0.05) is 7.05 Å². The fraction of sp³-hybridized carbons (Fsp3) is 0.583. The van der Waals surface area contributed by atoms with Crippen molar-refractivity contribution in [1.29, 1.82) is 0 Å². The predicted octanol–water partition coefficient (Wildman–Crippen LogP) is 1.96. The molecule has 3 nitrogen and oxygen atoms in total. The molecule has 1 saturated carbocycles. The minimum absolute atomic E-state index is 0.103. The first-order valence-electron chi connectivity index (χ1n) is 5.71. The summed E-state index contributed by atoms with van der Waals surface area (Å²) in [6.07, 6.45) is 4.94. The van der Waals surface area contributed by atoms with E-state index in [2.05, 4.69) is 4.98 Å². The van der Waals surface area contributed by atoms with Crippen LogP contribution in [-0.4, -0.2) is 29.3 Å². The van der Waals surface area contributed by atoms with Crippen LogP contribution in [0.25, 0.3) is 0 Å². The second-order valence-corrected chi connectivity index (χ2v) is 4.36. The van der Waals surface area contributed by atoms with Crippen LogP contribution in [0.5, 0.6) is 0 Å². The van der Waals surface area contributed by atoms with Gasteiger partial charge in [0.1, 0.15) is 11.6 Å². The van der Waals surface area contributed by atoms with E-state index in [0.29, 0.717) is 5.82 Å². The second kappa shape index (κ2) is 4.78. The standard InChI is InChI=1S/C12H17FN2O/c1-15(10-4-2-3-5-11(10)16)12-7-6-9(13)8-14-12/h6-8,10-11,16H,2-5H2,1H3. The van der Waals surface area contributed by atoms with Crippen molar-refractivity contribution < 1.29 is 9.50 Å². The number of aromatic nitrogens is 1. The Balaban J connectivity index is 2.11. The van der Waals surface area contributed by atoms with E-state index in [1.807, 2.05) is 11.9 Å². The van der Waals surface area contributed by atoms with Gasteiger partial charge in [0.25, 0.3) is 0 Å². The van der Waals surface area contributed by atoms with E-state index >= 15 is 0 Å². The van der Waals surface area contributed by atoms with Gasteiger partial charge in [-0.2, -0.15) is 0 Å². The van der Waals surface area contributed by atoms with Crippen molar-refractivity contribution in [3.05, 3.63) is 24.1 Å². The highest BCUT2D eigenvalue weighted by molar-refractivity contribution is 5.38. The number of likely N-dealkylation sites (N-methyl/N-ethyl adjacent to an activating group) is 1. The molecule has 1 aromatic rings. The van der Waals surface area contributed by atoms with Crippen LogP contribution in [0.15, 0.2) is 18.3 Å². The van der Waals surface area contributed by atoms with E-state index in [0.717, 1.165) is 25.7 Å². The number of anilines is 1. The van der Waals surface area contributed by atoms with E-state index < -0.39 is 0 Å². The van der Waals surface area contributed by atoms with Crippen molar-refractivity contribution in [2.45, 2.75) is 37.8 Å². The Labute approximate surface area is 94.9 Å². The summed E-state index contributed by atoms with van der Waals surface area (Å²) in [5, 5.41) is 9.91. The molecule has 2 rings (SSSR count). The van der Waals surface area contributed by atoms with Crippen molar-refractivity contribution >= 4 is 5.82 Å². The molecule has 1 heterocycles. The summed E-state index contributed by atoms with van der Waals surface area (Å²) in [5.74, 6) is 0.383. The van der Waals surface area contributed by atoms with Crippen LogP contribution in [0, 0.1) is 5.82 Å². The monoisotopic (exact) mass is 224 g/mol. The zero-order chi connectivity index (χ0) is 11.5. The highest BCUT2D eigenvalue weighted by atomic mass is 19.1. The van der Waals surface area contributed by atoms with Gasteiger partial charge in [0.15, 0.2) is 0 Å². The number of rotatable bonds is 2. The van der Waals surface area contributed by atoms with Gasteiger partial charge in [-0.05, 0) is 25.0 Å². The lowest BCUT2D eigenvalue weighted by molar-refractivity contribution is 0.106. The first-order valence-corrected chi connectivity index (χ1v) is 5.71. The largest absolute Gasteiger partial charge is 0.391 e. The molecular weight excluding hydrogens is 207 g/mol. The Morgan fingerprint density at radius 3 is 2.75 bits per heavy atom. The molecule has 0 bridgehead atoms. The van der Waals surface area contributed by atoms with Gasteiger partial charge in [-0.25, -0.2) is 9.37 Å². The predicted molar refractivity (Wildman–Crippen MR) is 60.9 cm³/mol. The molecule has 0 aliphatic heterocycles. The number of hydrogen-bond acceptors (Lipinski definition) is 3. The number of halogens is 1. The van der Waals surface area contributed by atoms with Gasteiger partial charge in [-0.1, -0.05) is 12.8 Å². The summed E-state index contributed by atoms with van der Waals surface area (Å²) in [4.78, 5) is 5.98. The summed E-state index contributed by atoms with van der Waals surface area (Å²) < 4.78 is 12.7. The van der Waals surface area contributed by atoms with Crippen LogP contribution in [0.1, 0.15) is 25.7 Å². The molecule has 2 unspecified atom stereocenters. The van der Waals surface area contributed by atoms with Crippen LogP contribution in [-0.2, 0) is 0 Å². The molecule has 2 atom stereocenters. The third-order valence-electron chi connectivity index (χ3n) is 3.26. The topological polar surface area (TPSA) is 36.4 Å². The molecule has 1 N–H and O–H groups in total. The molecular formula is C12H17FN2O. The van der Waals surface area contributed by atoms with Crippen molar-refractivity contribution in [1.82, 2.24) is 4.98 Å². The quantitative estimate of drug-likeness (QED) is 0.834. The molecule has 4 heteroatoms. The van der Waals surface area contributed by atoms with Crippen LogP contribution in [0.3, 0.4) is 0 Å². The Hall–Kier alpha value is -1.16. The van der Waals surface area contributed by atoms with Gasteiger partial charge < -0.3 is 10.0 Å². The van der Waals surface area contributed by atoms with Crippen LogP contribution in [0.2, 0.25) is 0 Å². The number of pyridine rings is 1. The molecule has 1 fully saturated rings. The summed E-state index contributed by atoms with van der Waals surface area (Å²) in [7, 11) is 1.90. The SMILES string of the molecule is CN(c1ccc(F)cn1)C1CCCCC1O. The summed E-state index contributed by atoms with van der Waals surface area (Å²) >= 11 is 0. The molecule has 0 spiro atoms. The number of aliphatic hydroxyl groups excluding tert-OH is 1. The van der Waals surface area contributed by atoms with Crippen molar-refractivity contribution in [2.75, 3.05) is 11.9 Å². The van der Waals surface area contributed by atoms with Crippen LogP contribution < -0.4 is 4.90 Å². The molecule has 0 aromatic carbocycles. The highest BCUT2D eigenvalue weighted by Crippen LogP contribution is 2.25. The maximum absolute atomic E-state index is 12.7. The first-order chi connectivity index (χ1) is 7.68. The Kier molecular flexibility index (Phi) is 3.39. The molecule has 0 saturated heterocycles. The van der Waals surface area contributed by atoms with Gasteiger partial charge in [0.2, 0.25) is 0 Å². The zero-order valence-electron chi connectivity index (χ0n) is 9.43. The lowest BCUT2D eigenvalue weighted by Gasteiger charge is -2.35. The molecule has 1 aromatic heterocycles. The van der Waals surface area contributed by atoms with Gasteiger partial charge in [0.05, 0.1) is 18.3 Å². The maximum Gasteiger partial charge on any atom is 0.141 e. The Morgan fingerprint density at radius 1 is 1.38 bits per heavy atom. The van der Waals surface area contributed by atoms with E-state index in [9.17, 15) is 9.50 Å². The normalized spacial score (nSPS) is 25.4. The Morgan fingerprint density at radius 2 is 2.12 bits per heavy atom. The third-order valence-corrected chi connectivity index (χ3v) is 3.26. The second-order valence-electron chi connectivity index (χ2n) is 4.36. The fourth-order valence-corrected chi connectivity index (χ4v) is 2.29. The number of nitrogens with zero attached hydrogens (tertiary/aromatic N) is 2. The van der Waals surface area contributed by atoms with E-state index in [1.54, 1.807) is 6.07 Å². The minimum Gasteiger partial charge on any atom is -0.391 e. The van der Waals surface area contributed by atoms with Crippen molar-refractivity contribution in [3.8, 4) is 0 Å². The molecule has 1 aliphatic rings. The van der Waals surface area contributed by atoms with Gasteiger partial charge in [-0.3, -0.25) is 0 Å². The first kappa shape index (κ1) is 11.3. The van der Waals surface area contributed by atoms with E-state index in [4.69, 9.17) is 0 Å². The summed E-state index contributed by atoms with van der Waals surface area (Å²) in [6, 6.07) is 3.15. The summed E-state index contributed by atoms with van der Waals surface area (Å²) in [5.41, 5.74) is 0. The molecule has 0 radical (unpaired) electrons. The van der Waals surface area contributed by atoms with Crippen LogP contribution in [0.4, 0.5) is 10.2 Å². The van der Waals surface area contributed by atoms with E-state index in [-0.39, 0.29) is 18.0 Å².